The molecule has 0 spiro atoms. The molecule has 0 atom stereocenters. The van der Waals surface area contributed by atoms with Crippen molar-refractivity contribution in [3.63, 3.8) is 0 Å². The smallest absolute Gasteiger partial charge is 0.328 e. The number of hydrogen-bond acceptors (Lipinski definition) is 3. The monoisotopic (exact) mass is 281 g/mol. The van der Waals surface area contributed by atoms with Crippen LogP contribution in [0.15, 0.2) is 35.2 Å². The Morgan fingerprint density at radius 1 is 1.42 bits per heavy atom. The van der Waals surface area contributed by atoms with Crippen LogP contribution in [0.1, 0.15) is 18.4 Å². The fourth-order valence-corrected chi connectivity index (χ4v) is 3.22. The first-order valence-corrected chi connectivity index (χ1v) is 7.34. The van der Waals surface area contributed by atoms with Crippen molar-refractivity contribution in [2.75, 3.05) is 7.05 Å². The van der Waals surface area contributed by atoms with Gasteiger partial charge in [-0.2, -0.15) is 4.31 Å². The summed E-state index contributed by atoms with van der Waals surface area (Å²) < 4.78 is 26.0. The Morgan fingerprint density at radius 2 is 2.11 bits per heavy atom. The first-order valence-electron chi connectivity index (χ1n) is 5.90. The molecule has 1 aliphatic carbocycles. The molecule has 5 nitrogen and oxygen atoms in total. The lowest BCUT2D eigenvalue weighted by Gasteiger charge is -2.16. The number of rotatable bonds is 5. The van der Waals surface area contributed by atoms with Crippen LogP contribution in [0.25, 0.3) is 6.08 Å². The molecule has 0 radical (unpaired) electrons. The Labute approximate surface area is 112 Å². The van der Waals surface area contributed by atoms with Crippen molar-refractivity contribution in [1.29, 1.82) is 0 Å². The van der Waals surface area contributed by atoms with Crippen LogP contribution in [-0.4, -0.2) is 36.9 Å². The molecule has 0 amide bonds. The molecule has 1 aliphatic rings. The summed E-state index contributed by atoms with van der Waals surface area (Å²) in [6, 6.07) is 6.37. The Morgan fingerprint density at radius 3 is 2.68 bits per heavy atom. The molecule has 102 valence electrons. The molecule has 0 saturated heterocycles. The van der Waals surface area contributed by atoms with E-state index in [0.717, 1.165) is 18.9 Å². The highest BCUT2D eigenvalue weighted by atomic mass is 32.2. The normalized spacial score (nSPS) is 16.1. The van der Waals surface area contributed by atoms with Crippen molar-refractivity contribution in [2.24, 2.45) is 0 Å². The van der Waals surface area contributed by atoms with Crippen LogP contribution in [0, 0.1) is 0 Å². The second kappa shape index (κ2) is 5.14. The molecule has 1 saturated carbocycles. The van der Waals surface area contributed by atoms with Gasteiger partial charge in [0, 0.05) is 19.2 Å². The van der Waals surface area contributed by atoms with E-state index in [9.17, 15) is 13.2 Å². The molecule has 0 unspecified atom stereocenters. The number of nitrogens with zero attached hydrogens (tertiary/aromatic N) is 1. The summed E-state index contributed by atoms with van der Waals surface area (Å²) in [5.74, 6) is -1.07. The van der Waals surface area contributed by atoms with Crippen LogP contribution in [-0.2, 0) is 14.8 Å². The number of carboxylic acids is 1. The van der Waals surface area contributed by atoms with Crippen LogP contribution in [0.3, 0.4) is 0 Å². The molecule has 0 bridgehead atoms. The predicted molar refractivity (Wildman–Crippen MR) is 71.1 cm³/mol. The number of aliphatic carboxylic acids is 1. The van der Waals surface area contributed by atoms with Crippen molar-refractivity contribution >= 4 is 22.1 Å². The van der Waals surface area contributed by atoms with Gasteiger partial charge in [-0.1, -0.05) is 12.1 Å². The van der Waals surface area contributed by atoms with E-state index in [-0.39, 0.29) is 10.9 Å². The first-order chi connectivity index (χ1) is 8.91. The standard InChI is InChI=1S/C13H15NO4S/c1-14(11-6-7-11)19(17,18)12-4-2-3-10(9-12)5-8-13(15)16/h2-5,8-9,11H,6-7H2,1H3,(H,15,16). The van der Waals surface area contributed by atoms with Crippen LogP contribution in [0.2, 0.25) is 0 Å². The van der Waals surface area contributed by atoms with Gasteiger partial charge in [0.05, 0.1) is 4.90 Å². The maximum atomic E-state index is 12.3. The van der Waals surface area contributed by atoms with E-state index in [1.807, 2.05) is 0 Å². The van der Waals surface area contributed by atoms with Gasteiger partial charge in [0.15, 0.2) is 0 Å². The van der Waals surface area contributed by atoms with Gasteiger partial charge in [-0.3, -0.25) is 0 Å². The third-order valence-corrected chi connectivity index (χ3v) is 4.92. The molecule has 6 heteroatoms. The van der Waals surface area contributed by atoms with E-state index in [2.05, 4.69) is 0 Å². The lowest BCUT2D eigenvalue weighted by atomic mass is 10.2. The van der Waals surface area contributed by atoms with Crippen molar-refractivity contribution in [2.45, 2.75) is 23.8 Å². The molecule has 1 N–H and O–H groups in total. The van der Waals surface area contributed by atoms with Gasteiger partial charge in [0.25, 0.3) is 0 Å². The maximum Gasteiger partial charge on any atom is 0.328 e. The third kappa shape index (κ3) is 3.21. The van der Waals surface area contributed by atoms with Gasteiger partial charge in [0.1, 0.15) is 0 Å². The Balaban J connectivity index is 2.29. The second-order valence-electron chi connectivity index (χ2n) is 4.50. The SMILES string of the molecule is CN(C1CC1)S(=O)(=O)c1cccc(C=CC(=O)O)c1. The zero-order valence-electron chi connectivity index (χ0n) is 10.5. The van der Waals surface area contributed by atoms with E-state index in [0.29, 0.717) is 5.56 Å². The van der Waals surface area contributed by atoms with E-state index < -0.39 is 16.0 Å². The predicted octanol–water partition coefficient (Wildman–Crippen LogP) is 1.57. The van der Waals surface area contributed by atoms with Crippen molar-refractivity contribution in [3.8, 4) is 0 Å². The van der Waals surface area contributed by atoms with Gasteiger partial charge in [0.2, 0.25) is 10.0 Å². The van der Waals surface area contributed by atoms with Gasteiger partial charge in [-0.25, -0.2) is 13.2 Å². The van der Waals surface area contributed by atoms with E-state index in [1.165, 1.54) is 22.5 Å². The molecule has 0 heterocycles. The Kier molecular flexibility index (Phi) is 3.73. The summed E-state index contributed by atoms with van der Waals surface area (Å²) in [6.45, 7) is 0. The molecular formula is C13H15NO4S. The average Bonchev–Trinajstić information content (AvgIpc) is 3.20. The van der Waals surface area contributed by atoms with Gasteiger partial charge >= 0.3 is 5.97 Å². The van der Waals surface area contributed by atoms with Crippen molar-refractivity contribution in [1.82, 2.24) is 4.31 Å². The molecule has 1 aromatic carbocycles. The lowest BCUT2D eigenvalue weighted by Crippen LogP contribution is -2.28. The number of carboxylic acid groups (broad SMARTS) is 1. The van der Waals surface area contributed by atoms with E-state index >= 15 is 0 Å². The molecule has 2 rings (SSSR count). The van der Waals surface area contributed by atoms with Crippen LogP contribution >= 0.6 is 0 Å². The Hall–Kier alpha value is -1.66. The zero-order chi connectivity index (χ0) is 14.0. The molecule has 1 fully saturated rings. The summed E-state index contributed by atoms with van der Waals surface area (Å²) in [4.78, 5) is 10.6. The lowest BCUT2D eigenvalue weighted by molar-refractivity contribution is -0.131. The summed E-state index contributed by atoms with van der Waals surface area (Å²) in [7, 11) is -1.91. The second-order valence-corrected chi connectivity index (χ2v) is 6.49. The Bertz CT molecular complexity index is 617. The van der Waals surface area contributed by atoms with E-state index in [4.69, 9.17) is 5.11 Å². The number of carbonyl (C=O) groups is 1. The highest BCUT2D eigenvalue weighted by Crippen LogP contribution is 2.30. The minimum Gasteiger partial charge on any atom is -0.478 e. The minimum absolute atomic E-state index is 0.100. The summed E-state index contributed by atoms with van der Waals surface area (Å²) in [5, 5.41) is 8.56. The number of sulfonamides is 1. The summed E-state index contributed by atoms with van der Waals surface area (Å²) >= 11 is 0. The van der Waals surface area contributed by atoms with Gasteiger partial charge < -0.3 is 5.11 Å². The fourth-order valence-electron chi connectivity index (χ4n) is 1.75. The third-order valence-electron chi connectivity index (χ3n) is 3.01. The maximum absolute atomic E-state index is 12.3. The highest BCUT2D eigenvalue weighted by molar-refractivity contribution is 7.89. The molecule has 19 heavy (non-hydrogen) atoms. The van der Waals surface area contributed by atoms with Crippen LogP contribution in [0.4, 0.5) is 0 Å². The summed E-state index contributed by atoms with van der Waals surface area (Å²) in [6.07, 6.45) is 4.15. The first kappa shape index (κ1) is 13.8. The van der Waals surface area contributed by atoms with E-state index in [1.54, 1.807) is 19.2 Å². The number of benzene rings is 1. The molecule has 1 aromatic rings. The summed E-state index contributed by atoms with van der Waals surface area (Å²) in [5.41, 5.74) is 0.549. The average molecular weight is 281 g/mol. The quantitative estimate of drug-likeness (QED) is 0.831. The largest absolute Gasteiger partial charge is 0.478 e. The molecule has 0 aromatic heterocycles. The fraction of sp³-hybridized carbons (Fsp3) is 0.308. The van der Waals surface area contributed by atoms with Crippen LogP contribution in [0.5, 0.6) is 0 Å². The topological polar surface area (TPSA) is 74.7 Å². The molecular weight excluding hydrogens is 266 g/mol. The minimum atomic E-state index is -3.48. The van der Waals surface area contributed by atoms with Crippen LogP contribution < -0.4 is 0 Å². The van der Waals surface area contributed by atoms with Crippen molar-refractivity contribution < 1.29 is 18.3 Å². The highest BCUT2D eigenvalue weighted by Gasteiger charge is 2.34. The van der Waals surface area contributed by atoms with Crippen molar-refractivity contribution in [3.05, 3.63) is 35.9 Å². The zero-order valence-corrected chi connectivity index (χ0v) is 11.3. The van der Waals surface area contributed by atoms with Gasteiger partial charge in [-0.05, 0) is 36.6 Å². The molecule has 0 aliphatic heterocycles. The number of hydrogen-bond donors (Lipinski definition) is 1. The van der Waals surface area contributed by atoms with Gasteiger partial charge in [-0.15, -0.1) is 0 Å².